The molecule has 1 atom stereocenters. The highest BCUT2D eigenvalue weighted by atomic mass is 16.5. The quantitative estimate of drug-likeness (QED) is 0.619. The average molecular weight is 158 g/mol. The Morgan fingerprint density at radius 1 is 1.55 bits per heavy atom. The topological polar surface area (TPSA) is 24.5 Å². The van der Waals surface area contributed by atoms with Crippen LogP contribution in [0, 0.1) is 0 Å². The van der Waals surface area contributed by atoms with Crippen LogP contribution in [-0.2, 0) is 4.74 Å². The summed E-state index contributed by atoms with van der Waals surface area (Å²) in [5.41, 5.74) is 0. The van der Waals surface area contributed by atoms with Crippen molar-refractivity contribution in [3.8, 4) is 0 Å². The number of likely N-dealkylation sites (N-methyl/N-ethyl adjacent to an activating group) is 1. The fourth-order valence-electron chi connectivity index (χ4n) is 1.17. The molecule has 1 saturated heterocycles. The summed E-state index contributed by atoms with van der Waals surface area (Å²) in [4.78, 5) is 2.14. The van der Waals surface area contributed by atoms with Gasteiger partial charge in [-0.2, -0.15) is 0 Å². The molecule has 0 spiro atoms. The largest absolute Gasteiger partial charge is 0.376 e. The van der Waals surface area contributed by atoms with Gasteiger partial charge in [-0.15, -0.1) is 0 Å². The molecule has 0 amide bonds. The summed E-state index contributed by atoms with van der Waals surface area (Å²) in [6, 6.07) is 0. The number of nitrogens with one attached hydrogen (secondary N) is 1. The van der Waals surface area contributed by atoms with E-state index in [2.05, 4.69) is 24.3 Å². The van der Waals surface area contributed by atoms with Crippen molar-refractivity contribution in [1.82, 2.24) is 10.2 Å². The monoisotopic (exact) mass is 158 g/mol. The van der Waals surface area contributed by atoms with Gasteiger partial charge >= 0.3 is 0 Å². The lowest BCUT2D eigenvalue weighted by atomic mass is 10.3. The standard InChI is InChI=1S/C8H18N2O/c1-10(2)5-6-11-8-3-4-9-7-8/h8-9H,3-7H2,1-2H3/t8-/m0/s1. The van der Waals surface area contributed by atoms with Crippen molar-refractivity contribution in [2.24, 2.45) is 0 Å². The third kappa shape index (κ3) is 3.70. The van der Waals surface area contributed by atoms with E-state index in [4.69, 9.17) is 4.74 Å². The Morgan fingerprint density at radius 3 is 2.91 bits per heavy atom. The van der Waals surface area contributed by atoms with Gasteiger partial charge in [0.25, 0.3) is 0 Å². The van der Waals surface area contributed by atoms with Gasteiger partial charge in [0.05, 0.1) is 12.7 Å². The molecular weight excluding hydrogens is 140 g/mol. The molecule has 0 aliphatic carbocycles. The molecule has 3 heteroatoms. The molecule has 0 bridgehead atoms. The van der Waals surface area contributed by atoms with Crippen molar-refractivity contribution in [2.45, 2.75) is 12.5 Å². The van der Waals surface area contributed by atoms with Crippen LogP contribution in [0.3, 0.4) is 0 Å². The number of nitrogens with zero attached hydrogens (tertiary/aromatic N) is 1. The minimum Gasteiger partial charge on any atom is -0.376 e. The first-order valence-electron chi connectivity index (χ1n) is 4.26. The minimum absolute atomic E-state index is 0.468. The molecule has 1 aliphatic heterocycles. The van der Waals surface area contributed by atoms with Gasteiger partial charge in [0.15, 0.2) is 0 Å². The summed E-state index contributed by atoms with van der Waals surface area (Å²) in [5.74, 6) is 0. The molecule has 1 N–H and O–H groups in total. The molecular formula is C8H18N2O. The molecule has 11 heavy (non-hydrogen) atoms. The van der Waals surface area contributed by atoms with Gasteiger partial charge in [0.2, 0.25) is 0 Å². The Morgan fingerprint density at radius 2 is 2.36 bits per heavy atom. The molecule has 1 aliphatic rings. The molecule has 0 aromatic carbocycles. The SMILES string of the molecule is CN(C)CCO[C@H]1CCNC1. The molecule has 0 aromatic rings. The Hall–Kier alpha value is -0.120. The van der Waals surface area contributed by atoms with E-state index in [0.717, 1.165) is 26.2 Å². The van der Waals surface area contributed by atoms with E-state index in [1.54, 1.807) is 0 Å². The summed E-state index contributed by atoms with van der Waals surface area (Å²) in [7, 11) is 4.13. The molecule has 0 unspecified atom stereocenters. The van der Waals surface area contributed by atoms with E-state index in [1.165, 1.54) is 6.42 Å². The maximum absolute atomic E-state index is 5.61. The normalized spacial score (nSPS) is 24.8. The maximum atomic E-state index is 5.61. The third-order valence-corrected chi connectivity index (χ3v) is 1.91. The van der Waals surface area contributed by atoms with E-state index in [9.17, 15) is 0 Å². The average Bonchev–Trinajstić information content (AvgIpc) is 2.39. The molecule has 0 saturated carbocycles. The van der Waals surface area contributed by atoms with E-state index in [-0.39, 0.29) is 0 Å². The Bertz CT molecular complexity index is 100. The fourth-order valence-corrected chi connectivity index (χ4v) is 1.17. The lowest BCUT2D eigenvalue weighted by molar-refractivity contribution is 0.0570. The summed E-state index contributed by atoms with van der Waals surface area (Å²) >= 11 is 0. The Labute approximate surface area is 68.7 Å². The van der Waals surface area contributed by atoms with Crippen LogP contribution in [0.2, 0.25) is 0 Å². The van der Waals surface area contributed by atoms with Crippen molar-refractivity contribution in [3.05, 3.63) is 0 Å². The summed E-state index contributed by atoms with van der Waals surface area (Å²) in [6.45, 7) is 4.04. The van der Waals surface area contributed by atoms with Crippen LogP contribution in [0.4, 0.5) is 0 Å². The van der Waals surface area contributed by atoms with Crippen LogP contribution in [0.25, 0.3) is 0 Å². The second kappa shape index (κ2) is 4.70. The van der Waals surface area contributed by atoms with Crippen LogP contribution in [0.5, 0.6) is 0 Å². The zero-order valence-electron chi connectivity index (χ0n) is 7.47. The van der Waals surface area contributed by atoms with Crippen LogP contribution < -0.4 is 5.32 Å². The molecule has 1 fully saturated rings. The highest BCUT2D eigenvalue weighted by Crippen LogP contribution is 2.01. The summed E-state index contributed by atoms with van der Waals surface area (Å²) in [5, 5.41) is 3.27. The van der Waals surface area contributed by atoms with Crippen LogP contribution in [-0.4, -0.2) is 51.3 Å². The van der Waals surface area contributed by atoms with Crippen molar-refractivity contribution >= 4 is 0 Å². The lowest BCUT2D eigenvalue weighted by Gasteiger charge is -2.13. The van der Waals surface area contributed by atoms with E-state index in [0.29, 0.717) is 6.10 Å². The maximum Gasteiger partial charge on any atom is 0.0712 e. The van der Waals surface area contributed by atoms with Crippen molar-refractivity contribution in [1.29, 1.82) is 0 Å². The fraction of sp³-hybridized carbons (Fsp3) is 1.00. The van der Waals surface area contributed by atoms with Gasteiger partial charge in [-0.1, -0.05) is 0 Å². The smallest absolute Gasteiger partial charge is 0.0712 e. The number of rotatable bonds is 4. The van der Waals surface area contributed by atoms with Crippen molar-refractivity contribution in [2.75, 3.05) is 40.3 Å². The van der Waals surface area contributed by atoms with Crippen LogP contribution >= 0.6 is 0 Å². The van der Waals surface area contributed by atoms with E-state index >= 15 is 0 Å². The van der Waals surface area contributed by atoms with Gasteiger partial charge < -0.3 is 15.0 Å². The van der Waals surface area contributed by atoms with Gasteiger partial charge in [0.1, 0.15) is 0 Å². The van der Waals surface area contributed by atoms with Gasteiger partial charge in [-0.25, -0.2) is 0 Å². The van der Waals surface area contributed by atoms with E-state index < -0.39 is 0 Å². The predicted molar refractivity (Wildman–Crippen MR) is 45.8 cm³/mol. The molecule has 1 rings (SSSR count). The second-order valence-corrected chi connectivity index (χ2v) is 3.29. The third-order valence-electron chi connectivity index (χ3n) is 1.91. The number of hydrogen-bond donors (Lipinski definition) is 1. The Kier molecular flexibility index (Phi) is 3.83. The van der Waals surface area contributed by atoms with Gasteiger partial charge in [-0.05, 0) is 27.1 Å². The first kappa shape index (κ1) is 8.97. The molecule has 66 valence electrons. The number of hydrogen-bond acceptors (Lipinski definition) is 3. The second-order valence-electron chi connectivity index (χ2n) is 3.29. The number of ether oxygens (including phenoxy) is 1. The predicted octanol–water partition coefficient (Wildman–Crippen LogP) is -0.0735. The highest BCUT2D eigenvalue weighted by Gasteiger charge is 2.13. The lowest BCUT2D eigenvalue weighted by Crippen LogP contribution is -2.23. The van der Waals surface area contributed by atoms with Crippen molar-refractivity contribution < 1.29 is 4.74 Å². The van der Waals surface area contributed by atoms with Gasteiger partial charge in [-0.3, -0.25) is 0 Å². The Balaban J connectivity index is 1.94. The molecule has 0 aromatic heterocycles. The zero-order valence-corrected chi connectivity index (χ0v) is 7.47. The van der Waals surface area contributed by atoms with Gasteiger partial charge in [0, 0.05) is 13.1 Å². The minimum atomic E-state index is 0.468. The first-order valence-corrected chi connectivity index (χ1v) is 4.26. The van der Waals surface area contributed by atoms with Crippen LogP contribution in [0.15, 0.2) is 0 Å². The summed E-state index contributed by atoms with van der Waals surface area (Å²) in [6.07, 6.45) is 1.64. The first-order chi connectivity index (χ1) is 5.29. The van der Waals surface area contributed by atoms with E-state index in [1.807, 2.05) is 0 Å². The zero-order chi connectivity index (χ0) is 8.10. The molecule has 3 nitrogen and oxygen atoms in total. The summed E-state index contributed by atoms with van der Waals surface area (Å²) < 4.78 is 5.61. The highest BCUT2D eigenvalue weighted by molar-refractivity contribution is 4.70. The van der Waals surface area contributed by atoms with Crippen LogP contribution in [0.1, 0.15) is 6.42 Å². The molecule has 1 heterocycles. The van der Waals surface area contributed by atoms with Crippen molar-refractivity contribution in [3.63, 3.8) is 0 Å². The molecule has 0 radical (unpaired) electrons.